The highest BCUT2D eigenvalue weighted by Crippen LogP contribution is 2.15. The van der Waals surface area contributed by atoms with Crippen molar-refractivity contribution in [3.05, 3.63) is 0 Å². The molecular weight excluding hydrogens is 140 g/mol. The third-order valence-electron chi connectivity index (χ3n) is 2.01. The van der Waals surface area contributed by atoms with E-state index < -0.39 is 5.97 Å². The van der Waals surface area contributed by atoms with Crippen molar-refractivity contribution < 1.29 is 9.90 Å². The molecule has 0 amide bonds. The molecule has 0 aromatic heterocycles. The van der Waals surface area contributed by atoms with Crippen LogP contribution >= 0.6 is 0 Å². The normalized spacial score (nSPS) is 12.9. The number of carboxylic acid groups (broad SMARTS) is 1. The lowest BCUT2D eigenvalue weighted by atomic mass is 9.96. The van der Waals surface area contributed by atoms with Crippen LogP contribution in [0.2, 0.25) is 0 Å². The summed E-state index contributed by atoms with van der Waals surface area (Å²) in [6.07, 6.45) is 4.73. The summed E-state index contributed by atoms with van der Waals surface area (Å²) in [6.45, 7) is 4.19. The standard InChI is InChI=1S/C9H18O2/c1-3-5-6-8(4-2)7-9(10)11/h8H,3-7H2,1-2H3,(H,10,11)/t8-/m1/s1. The number of aliphatic carboxylic acids is 1. The highest BCUT2D eigenvalue weighted by molar-refractivity contribution is 5.66. The van der Waals surface area contributed by atoms with Gasteiger partial charge in [0.1, 0.15) is 0 Å². The van der Waals surface area contributed by atoms with E-state index in [2.05, 4.69) is 13.8 Å². The second kappa shape index (κ2) is 6.20. The fraction of sp³-hybridized carbons (Fsp3) is 0.889. The lowest BCUT2D eigenvalue weighted by Gasteiger charge is -2.10. The van der Waals surface area contributed by atoms with Crippen molar-refractivity contribution in [2.24, 2.45) is 5.92 Å². The highest BCUT2D eigenvalue weighted by Gasteiger charge is 2.09. The zero-order valence-corrected chi connectivity index (χ0v) is 7.47. The molecule has 0 saturated carbocycles. The predicted molar refractivity (Wildman–Crippen MR) is 45.6 cm³/mol. The predicted octanol–water partition coefficient (Wildman–Crippen LogP) is 2.68. The summed E-state index contributed by atoms with van der Waals surface area (Å²) in [4.78, 5) is 10.3. The molecule has 0 radical (unpaired) electrons. The topological polar surface area (TPSA) is 37.3 Å². The van der Waals surface area contributed by atoms with Crippen molar-refractivity contribution in [1.82, 2.24) is 0 Å². The lowest BCUT2D eigenvalue weighted by molar-refractivity contribution is -0.138. The first-order valence-electron chi connectivity index (χ1n) is 4.42. The number of rotatable bonds is 6. The number of hydrogen-bond acceptors (Lipinski definition) is 1. The van der Waals surface area contributed by atoms with Gasteiger partial charge in [0.25, 0.3) is 0 Å². The van der Waals surface area contributed by atoms with E-state index in [1.54, 1.807) is 0 Å². The summed E-state index contributed by atoms with van der Waals surface area (Å²) in [5.74, 6) is -0.264. The molecule has 66 valence electrons. The minimum Gasteiger partial charge on any atom is -0.481 e. The van der Waals surface area contributed by atoms with Gasteiger partial charge in [-0.1, -0.05) is 33.1 Å². The molecule has 0 aliphatic carbocycles. The van der Waals surface area contributed by atoms with E-state index in [4.69, 9.17) is 5.11 Å². The molecule has 1 N–H and O–H groups in total. The molecule has 0 aliphatic rings. The number of carbonyl (C=O) groups is 1. The Balaban J connectivity index is 3.49. The van der Waals surface area contributed by atoms with Crippen molar-refractivity contribution in [3.63, 3.8) is 0 Å². The lowest BCUT2D eigenvalue weighted by Crippen LogP contribution is -2.06. The second-order valence-corrected chi connectivity index (χ2v) is 3.01. The SMILES string of the molecule is CCCC[C@@H](CC)CC(=O)O. The van der Waals surface area contributed by atoms with Crippen LogP contribution in [-0.4, -0.2) is 11.1 Å². The monoisotopic (exact) mass is 158 g/mol. The quantitative estimate of drug-likeness (QED) is 0.645. The van der Waals surface area contributed by atoms with Gasteiger partial charge >= 0.3 is 5.97 Å². The molecular formula is C9H18O2. The average molecular weight is 158 g/mol. The largest absolute Gasteiger partial charge is 0.481 e. The van der Waals surface area contributed by atoms with E-state index in [9.17, 15) is 4.79 Å². The third-order valence-corrected chi connectivity index (χ3v) is 2.01. The van der Waals surface area contributed by atoms with Gasteiger partial charge in [-0.25, -0.2) is 0 Å². The molecule has 0 unspecified atom stereocenters. The highest BCUT2D eigenvalue weighted by atomic mass is 16.4. The van der Waals surface area contributed by atoms with Gasteiger partial charge in [-0.05, 0) is 12.3 Å². The summed E-state index contributed by atoms with van der Waals surface area (Å²) < 4.78 is 0. The van der Waals surface area contributed by atoms with Crippen molar-refractivity contribution in [2.45, 2.75) is 46.0 Å². The molecule has 0 aromatic rings. The first-order valence-corrected chi connectivity index (χ1v) is 4.42. The molecule has 0 aliphatic heterocycles. The van der Waals surface area contributed by atoms with E-state index in [1.807, 2.05) is 0 Å². The van der Waals surface area contributed by atoms with E-state index >= 15 is 0 Å². The van der Waals surface area contributed by atoms with Gasteiger partial charge in [-0.15, -0.1) is 0 Å². The fourth-order valence-electron chi connectivity index (χ4n) is 1.19. The zero-order valence-electron chi connectivity index (χ0n) is 7.47. The van der Waals surface area contributed by atoms with Crippen molar-refractivity contribution in [2.75, 3.05) is 0 Å². The molecule has 1 atom stereocenters. The van der Waals surface area contributed by atoms with Gasteiger partial charge in [0.15, 0.2) is 0 Å². The van der Waals surface area contributed by atoms with Crippen LogP contribution in [0.4, 0.5) is 0 Å². The first kappa shape index (κ1) is 10.5. The smallest absolute Gasteiger partial charge is 0.303 e. The molecule has 0 spiro atoms. The molecule has 2 heteroatoms. The van der Waals surface area contributed by atoms with Crippen LogP contribution in [0.25, 0.3) is 0 Å². The van der Waals surface area contributed by atoms with E-state index in [0.717, 1.165) is 25.7 Å². The Morgan fingerprint density at radius 2 is 2.09 bits per heavy atom. The van der Waals surface area contributed by atoms with Crippen LogP contribution in [0.3, 0.4) is 0 Å². The van der Waals surface area contributed by atoms with Crippen molar-refractivity contribution in [3.8, 4) is 0 Å². The molecule has 2 nitrogen and oxygen atoms in total. The van der Waals surface area contributed by atoms with Gasteiger partial charge in [-0.3, -0.25) is 4.79 Å². The molecule has 0 bridgehead atoms. The minimum absolute atomic E-state index is 0.344. The van der Waals surface area contributed by atoms with Gasteiger partial charge < -0.3 is 5.11 Å². The van der Waals surface area contributed by atoms with E-state index in [-0.39, 0.29) is 0 Å². The third kappa shape index (κ3) is 5.89. The minimum atomic E-state index is -0.659. The number of carboxylic acids is 1. The molecule has 0 aromatic carbocycles. The van der Waals surface area contributed by atoms with Crippen LogP contribution in [-0.2, 0) is 4.79 Å². The van der Waals surface area contributed by atoms with Gasteiger partial charge in [0.05, 0.1) is 0 Å². The Morgan fingerprint density at radius 1 is 1.45 bits per heavy atom. The molecule has 0 saturated heterocycles. The zero-order chi connectivity index (χ0) is 8.69. The Morgan fingerprint density at radius 3 is 2.45 bits per heavy atom. The van der Waals surface area contributed by atoms with Gasteiger partial charge in [0, 0.05) is 6.42 Å². The summed E-state index contributed by atoms with van der Waals surface area (Å²) >= 11 is 0. The molecule has 0 heterocycles. The Hall–Kier alpha value is -0.530. The van der Waals surface area contributed by atoms with Crippen molar-refractivity contribution >= 4 is 5.97 Å². The molecule has 0 fully saturated rings. The summed E-state index contributed by atoms with van der Waals surface area (Å²) in [6, 6.07) is 0. The molecule has 11 heavy (non-hydrogen) atoms. The maximum absolute atomic E-state index is 10.3. The van der Waals surface area contributed by atoms with E-state index in [0.29, 0.717) is 12.3 Å². The van der Waals surface area contributed by atoms with Gasteiger partial charge in [0.2, 0.25) is 0 Å². The van der Waals surface area contributed by atoms with Crippen LogP contribution in [0.5, 0.6) is 0 Å². The number of hydrogen-bond donors (Lipinski definition) is 1. The Bertz CT molecular complexity index is 110. The number of unbranched alkanes of at least 4 members (excludes halogenated alkanes) is 1. The summed E-state index contributed by atoms with van der Waals surface area (Å²) in [5.41, 5.74) is 0. The Kier molecular flexibility index (Phi) is 5.90. The molecule has 0 rings (SSSR count). The average Bonchev–Trinajstić information content (AvgIpc) is 1.97. The van der Waals surface area contributed by atoms with Gasteiger partial charge in [-0.2, -0.15) is 0 Å². The van der Waals surface area contributed by atoms with E-state index in [1.165, 1.54) is 0 Å². The summed E-state index contributed by atoms with van der Waals surface area (Å²) in [7, 11) is 0. The first-order chi connectivity index (χ1) is 5.20. The van der Waals surface area contributed by atoms with Crippen LogP contribution < -0.4 is 0 Å². The maximum Gasteiger partial charge on any atom is 0.303 e. The van der Waals surface area contributed by atoms with Crippen LogP contribution in [0, 0.1) is 5.92 Å². The van der Waals surface area contributed by atoms with Crippen LogP contribution in [0.1, 0.15) is 46.0 Å². The maximum atomic E-state index is 10.3. The second-order valence-electron chi connectivity index (χ2n) is 3.01. The van der Waals surface area contributed by atoms with Crippen molar-refractivity contribution in [1.29, 1.82) is 0 Å². The van der Waals surface area contributed by atoms with Crippen LogP contribution in [0.15, 0.2) is 0 Å². The fourth-order valence-corrected chi connectivity index (χ4v) is 1.19. The Labute approximate surface area is 68.6 Å². The summed E-state index contributed by atoms with van der Waals surface area (Å²) in [5, 5.41) is 8.51.